The fraction of sp³-hybridized carbons (Fsp3) is 0.667. The molecule has 1 unspecified atom stereocenters. The minimum Gasteiger partial charge on any atom is -0.399 e. The van der Waals surface area contributed by atoms with Crippen LogP contribution >= 0.6 is 0 Å². The lowest BCUT2D eigenvalue weighted by Crippen LogP contribution is -2.51. The van der Waals surface area contributed by atoms with Gasteiger partial charge in [0, 0.05) is 18.8 Å². The summed E-state index contributed by atoms with van der Waals surface area (Å²) < 4.78 is 45.0. The maximum Gasteiger partial charge on any atom is 0.391 e. The van der Waals surface area contributed by atoms with Crippen molar-refractivity contribution in [1.82, 2.24) is 5.32 Å². The first kappa shape index (κ1) is 21.9. The Morgan fingerprint density at radius 2 is 2.14 bits per heavy atom. The van der Waals surface area contributed by atoms with Crippen LogP contribution in [0.3, 0.4) is 0 Å². The van der Waals surface area contributed by atoms with Crippen LogP contribution in [-0.4, -0.2) is 31.3 Å². The molecule has 0 bridgehead atoms. The highest BCUT2D eigenvalue weighted by atomic mass is 19.4. The summed E-state index contributed by atoms with van der Waals surface area (Å²) in [7, 11) is 1.72. The van der Waals surface area contributed by atoms with Crippen molar-refractivity contribution in [1.29, 1.82) is 5.41 Å². The molecular weight excluding hydrogens is 381 g/mol. The van der Waals surface area contributed by atoms with E-state index < -0.39 is 24.5 Å². The van der Waals surface area contributed by atoms with Gasteiger partial charge in [-0.15, -0.1) is 0 Å². The number of nitrogens with one attached hydrogen (secondary N) is 2. The molecule has 0 aromatic heterocycles. The van der Waals surface area contributed by atoms with E-state index in [-0.39, 0.29) is 17.6 Å². The van der Waals surface area contributed by atoms with Gasteiger partial charge in [0.1, 0.15) is 5.84 Å². The minimum absolute atomic E-state index is 0.166. The Morgan fingerprint density at radius 3 is 2.72 bits per heavy atom. The maximum absolute atomic E-state index is 13.1. The van der Waals surface area contributed by atoms with E-state index in [1.165, 1.54) is 0 Å². The predicted octanol–water partition coefficient (Wildman–Crippen LogP) is 3.92. The molecule has 0 saturated heterocycles. The van der Waals surface area contributed by atoms with Crippen LogP contribution < -0.4 is 16.8 Å². The van der Waals surface area contributed by atoms with E-state index in [1.54, 1.807) is 7.11 Å². The zero-order valence-electron chi connectivity index (χ0n) is 17.0. The topological polar surface area (TPSA) is 97.1 Å². The number of amidine groups is 1. The van der Waals surface area contributed by atoms with Crippen molar-refractivity contribution >= 4 is 11.5 Å². The van der Waals surface area contributed by atoms with Gasteiger partial charge in [0.05, 0.1) is 18.6 Å². The number of hydrogen-bond acceptors (Lipinski definition) is 4. The van der Waals surface area contributed by atoms with Gasteiger partial charge in [-0.25, -0.2) is 0 Å². The number of alkyl halides is 3. The lowest BCUT2D eigenvalue weighted by Gasteiger charge is -2.46. The first-order valence-corrected chi connectivity index (χ1v) is 10.2. The highest BCUT2D eigenvalue weighted by molar-refractivity contribution is 5.82. The van der Waals surface area contributed by atoms with Gasteiger partial charge in [0.2, 0.25) is 0 Å². The molecule has 5 nitrogen and oxygen atoms in total. The fourth-order valence-corrected chi connectivity index (χ4v) is 5.37. The third-order valence-electron chi connectivity index (χ3n) is 6.76. The van der Waals surface area contributed by atoms with Crippen LogP contribution in [-0.2, 0) is 11.2 Å². The van der Waals surface area contributed by atoms with Gasteiger partial charge >= 0.3 is 6.18 Å². The Balaban J connectivity index is 1.97. The number of nitrogens with two attached hydrogens (primary N) is 2. The molecule has 29 heavy (non-hydrogen) atoms. The molecule has 2 aliphatic carbocycles. The summed E-state index contributed by atoms with van der Waals surface area (Å²) in [6.45, 7) is 2.13. The lowest BCUT2D eigenvalue weighted by atomic mass is 9.64. The fourth-order valence-electron chi connectivity index (χ4n) is 5.37. The van der Waals surface area contributed by atoms with E-state index in [0.717, 1.165) is 43.2 Å². The second kappa shape index (κ2) is 8.14. The van der Waals surface area contributed by atoms with Crippen LogP contribution in [0, 0.1) is 16.7 Å². The van der Waals surface area contributed by atoms with Crippen LogP contribution in [0.4, 0.5) is 18.9 Å². The molecule has 2 aliphatic rings. The van der Waals surface area contributed by atoms with E-state index in [1.807, 2.05) is 18.2 Å². The number of anilines is 1. The number of fused-ring (bicyclic) bond motifs is 1. The largest absolute Gasteiger partial charge is 0.399 e. The number of ether oxygens (including phenoxy) is 1. The Morgan fingerprint density at radius 1 is 1.41 bits per heavy atom. The van der Waals surface area contributed by atoms with E-state index >= 15 is 0 Å². The van der Waals surface area contributed by atoms with Crippen molar-refractivity contribution in [2.75, 3.05) is 12.8 Å². The van der Waals surface area contributed by atoms with Crippen molar-refractivity contribution in [3.63, 3.8) is 0 Å². The number of halogens is 3. The predicted molar refractivity (Wildman–Crippen MR) is 108 cm³/mol. The lowest BCUT2D eigenvalue weighted by molar-refractivity contribution is -0.137. The Hall–Kier alpha value is -1.80. The molecule has 0 heterocycles. The molecule has 6 N–H and O–H groups in total. The van der Waals surface area contributed by atoms with Gasteiger partial charge in [0.25, 0.3) is 0 Å². The van der Waals surface area contributed by atoms with E-state index in [2.05, 4.69) is 12.2 Å². The van der Waals surface area contributed by atoms with Crippen molar-refractivity contribution in [3.05, 3.63) is 29.3 Å². The summed E-state index contributed by atoms with van der Waals surface area (Å²) in [6.07, 6.45) is -1.12. The van der Waals surface area contributed by atoms with E-state index in [0.29, 0.717) is 11.6 Å². The first-order chi connectivity index (χ1) is 13.6. The summed E-state index contributed by atoms with van der Waals surface area (Å²) >= 11 is 0. The van der Waals surface area contributed by atoms with Crippen molar-refractivity contribution in [2.24, 2.45) is 17.1 Å². The number of hydrogen-bond donors (Lipinski definition) is 4. The highest BCUT2D eigenvalue weighted by Crippen LogP contribution is 2.56. The Labute approximate surface area is 169 Å². The zero-order chi connectivity index (χ0) is 21.4. The molecule has 3 rings (SSSR count). The number of nitrogen functional groups attached to an aromatic ring is 1. The highest BCUT2D eigenvalue weighted by Gasteiger charge is 2.51. The van der Waals surface area contributed by atoms with Crippen molar-refractivity contribution < 1.29 is 17.9 Å². The van der Waals surface area contributed by atoms with Gasteiger partial charge in [-0.2, -0.15) is 13.2 Å². The van der Waals surface area contributed by atoms with Gasteiger partial charge in [0.15, 0.2) is 0 Å². The summed E-state index contributed by atoms with van der Waals surface area (Å²) in [4.78, 5) is 0. The molecule has 8 heteroatoms. The summed E-state index contributed by atoms with van der Waals surface area (Å²) in [5, 5.41) is 10.9. The van der Waals surface area contributed by atoms with Gasteiger partial charge in [-0.3, -0.25) is 10.7 Å². The second-order valence-electron chi connectivity index (χ2n) is 8.61. The Kier molecular flexibility index (Phi) is 6.15. The quantitative estimate of drug-likeness (QED) is 0.323. The van der Waals surface area contributed by atoms with Crippen LogP contribution in [0.5, 0.6) is 0 Å². The minimum atomic E-state index is -4.41. The molecule has 0 radical (unpaired) electrons. The first-order valence-electron chi connectivity index (χ1n) is 10.2. The molecule has 162 valence electrons. The number of methoxy groups -OCH3 is 1. The van der Waals surface area contributed by atoms with Crippen molar-refractivity contribution in [2.45, 2.75) is 69.8 Å². The SMILES string of the molecule is CC[C@@H]1C[C@]2(CC[C@H]1OC)Cc1ccc(N)cc1[C@H]2NC(CC(F)(F)F)C(=N)N. The zero-order valence-corrected chi connectivity index (χ0v) is 17.0. The van der Waals surface area contributed by atoms with Crippen LogP contribution in [0.2, 0.25) is 0 Å². The van der Waals surface area contributed by atoms with Crippen LogP contribution in [0.25, 0.3) is 0 Å². The van der Waals surface area contributed by atoms with E-state index in [4.69, 9.17) is 21.6 Å². The maximum atomic E-state index is 13.1. The average molecular weight is 413 g/mol. The standard InChI is InChI=1S/C21H31F3N4O/c1-3-12-9-20(7-6-17(12)29-2)10-13-4-5-14(25)8-15(13)18(20)28-16(19(26)27)11-21(22,23)24/h4-5,8,12,16-18,28H,3,6-7,9-11,25H2,1-2H3,(H3,26,27)/t12-,16?,17-,18-,20-/m1/s1. The number of rotatable bonds is 6. The van der Waals surface area contributed by atoms with E-state index in [9.17, 15) is 13.2 Å². The molecule has 0 aliphatic heterocycles. The van der Waals surface area contributed by atoms with Crippen LogP contribution in [0.1, 0.15) is 56.2 Å². The molecule has 1 aromatic carbocycles. The molecule has 1 aromatic rings. The van der Waals surface area contributed by atoms with Crippen LogP contribution in [0.15, 0.2) is 18.2 Å². The monoisotopic (exact) mass is 412 g/mol. The summed E-state index contributed by atoms with van der Waals surface area (Å²) in [5.74, 6) is -0.157. The number of benzene rings is 1. The summed E-state index contributed by atoms with van der Waals surface area (Å²) in [6, 6.07) is 4.08. The van der Waals surface area contributed by atoms with Gasteiger partial charge in [-0.05, 0) is 60.3 Å². The molecule has 5 atom stereocenters. The van der Waals surface area contributed by atoms with Crippen molar-refractivity contribution in [3.8, 4) is 0 Å². The third kappa shape index (κ3) is 4.53. The average Bonchev–Trinajstić information content (AvgIpc) is 2.92. The summed E-state index contributed by atoms with van der Waals surface area (Å²) in [5.41, 5.74) is 14.0. The third-order valence-corrected chi connectivity index (χ3v) is 6.76. The van der Waals surface area contributed by atoms with Gasteiger partial charge in [-0.1, -0.05) is 19.4 Å². The molecule has 0 amide bonds. The van der Waals surface area contributed by atoms with Gasteiger partial charge < -0.3 is 16.2 Å². The second-order valence-corrected chi connectivity index (χ2v) is 8.61. The molecule has 1 spiro atoms. The normalized spacial score (nSPS) is 30.3. The molecule has 1 saturated carbocycles. The smallest absolute Gasteiger partial charge is 0.391 e. The Bertz CT molecular complexity index is 754. The molecule has 1 fully saturated rings. The molecular formula is C21H31F3N4O.